The Morgan fingerprint density at radius 2 is 2.12 bits per heavy atom. The van der Waals surface area contributed by atoms with Crippen molar-refractivity contribution in [3.05, 3.63) is 40.2 Å². The molecule has 1 N–H and O–H groups in total. The highest BCUT2D eigenvalue weighted by atomic mass is 35.5. The zero-order valence-electron chi connectivity index (χ0n) is 9.08. The van der Waals surface area contributed by atoms with Crippen molar-refractivity contribution >= 4 is 33.6 Å². The molecule has 0 aliphatic rings. The summed E-state index contributed by atoms with van der Waals surface area (Å²) in [6.45, 7) is 2.04. The molecule has 4 heteroatoms. The Balaban J connectivity index is 2.21. The highest BCUT2D eigenvalue weighted by Gasteiger charge is 2.02. The molecule has 0 fully saturated rings. The van der Waals surface area contributed by atoms with Crippen LogP contribution in [0.1, 0.15) is 5.56 Å². The van der Waals surface area contributed by atoms with Gasteiger partial charge in [-0.05, 0) is 36.8 Å². The van der Waals surface area contributed by atoms with Crippen LogP contribution in [-0.4, -0.2) is 7.11 Å². The standard InChI is InChI=1S/C12H12ClNOS/c1-8-5-10(15-2)3-4-11(8)14-12-6-9(13)7-16-12/h3-7,14H,1-2H3. The number of ether oxygens (including phenoxy) is 1. The maximum Gasteiger partial charge on any atom is 0.119 e. The Labute approximate surface area is 104 Å². The number of rotatable bonds is 3. The van der Waals surface area contributed by atoms with E-state index in [4.69, 9.17) is 16.3 Å². The number of thiophene rings is 1. The van der Waals surface area contributed by atoms with E-state index in [9.17, 15) is 0 Å². The average molecular weight is 254 g/mol. The fourth-order valence-corrected chi connectivity index (χ4v) is 2.39. The highest BCUT2D eigenvalue weighted by Crippen LogP contribution is 2.29. The second kappa shape index (κ2) is 4.76. The van der Waals surface area contributed by atoms with Crippen molar-refractivity contribution in [3.63, 3.8) is 0 Å². The predicted octanol–water partition coefficient (Wildman–Crippen LogP) is 4.46. The van der Waals surface area contributed by atoms with Gasteiger partial charge in [-0.1, -0.05) is 11.6 Å². The van der Waals surface area contributed by atoms with Crippen molar-refractivity contribution in [2.24, 2.45) is 0 Å². The SMILES string of the molecule is COc1ccc(Nc2cc(Cl)cs2)c(C)c1. The van der Waals surface area contributed by atoms with E-state index in [1.807, 2.05) is 36.6 Å². The number of hydrogen-bond acceptors (Lipinski definition) is 3. The van der Waals surface area contributed by atoms with Crippen molar-refractivity contribution in [3.8, 4) is 5.75 Å². The first-order chi connectivity index (χ1) is 7.69. The van der Waals surface area contributed by atoms with Crippen LogP contribution >= 0.6 is 22.9 Å². The average Bonchev–Trinajstić information content (AvgIpc) is 2.67. The van der Waals surface area contributed by atoms with Crippen molar-refractivity contribution in [2.75, 3.05) is 12.4 Å². The molecule has 0 atom stereocenters. The maximum absolute atomic E-state index is 5.86. The minimum absolute atomic E-state index is 0.763. The largest absolute Gasteiger partial charge is 0.497 e. The van der Waals surface area contributed by atoms with Gasteiger partial charge in [0.1, 0.15) is 5.75 Å². The molecule has 0 radical (unpaired) electrons. The smallest absolute Gasteiger partial charge is 0.119 e. The molecule has 84 valence electrons. The van der Waals surface area contributed by atoms with Gasteiger partial charge in [0, 0.05) is 11.1 Å². The molecule has 1 heterocycles. The fraction of sp³-hybridized carbons (Fsp3) is 0.167. The summed E-state index contributed by atoms with van der Waals surface area (Å²) in [6, 6.07) is 7.85. The summed E-state index contributed by atoms with van der Waals surface area (Å²) in [7, 11) is 1.67. The summed E-state index contributed by atoms with van der Waals surface area (Å²) in [4.78, 5) is 0. The van der Waals surface area contributed by atoms with Crippen LogP contribution in [0, 0.1) is 6.92 Å². The van der Waals surface area contributed by atoms with Crippen molar-refractivity contribution < 1.29 is 4.74 Å². The zero-order valence-corrected chi connectivity index (χ0v) is 10.7. The van der Waals surface area contributed by atoms with Crippen LogP contribution in [0.25, 0.3) is 0 Å². The summed E-state index contributed by atoms with van der Waals surface area (Å²) >= 11 is 7.45. The van der Waals surface area contributed by atoms with E-state index in [0.717, 1.165) is 27.0 Å². The summed E-state index contributed by atoms with van der Waals surface area (Å²) < 4.78 is 5.16. The van der Waals surface area contributed by atoms with Crippen LogP contribution in [0.5, 0.6) is 5.75 Å². The third-order valence-electron chi connectivity index (χ3n) is 2.26. The molecule has 0 aliphatic carbocycles. The van der Waals surface area contributed by atoms with Crippen LogP contribution in [-0.2, 0) is 0 Å². The lowest BCUT2D eigenvalue weighted by atomic mass is 10.2. The number of methoxy groups -OCH3 is 1. The quantitative estimate of drug-likeness (QED) is 0.872. The highest BCUT2D eigenvalue weighted by molar-refractivity contribution is 7.14. The minimum Gasteiger partial charge on any atom is -0.497 e. The Morgan fingerprint density at radius 1 is 1.31 bits per heavy atom. The van der Waals surface area contributed by atoms with Crippen molar-refractivity contribution in [1.82, 2.24) is 0 Å². The van der Waals surface area contributed by atoms with Crippen molar-refractivity contribution in [2.45, 2.75) is 6.92 Å². The zero-order chi connectivity index (χ0) is 11.5. The molecule has 0 saturated carbocycles. The second-order valence-corrected chi connectivity index (χ2v) is 4.78. The predicted molar refractivity (Wildman–Crippen MR) is 70.3 cm³/mol. The number of anilines is 2. The van der Waals surface area contributed by atoms with E-state index in [0.29, 0.717) is 0 Å². The molecule has 2 rings (SSSR count). The van der Waals surface area contributed by atoms with Gasteiger partial charge < -0.3 is 10.1 Å². The lowest BCUT2D eigenvalue weighted by Gasteiger charge is -2.08. The van der Waals surface area contributed by atoms with Crippen LogP contribution in [0.2, 0.25) is 5.02 Å². The van der Waals surface area contributed by atoms with Crippen LogP contribution < -0.4 is 10.1 Å². The van der Waals surface area contributed by atoms with E-state index in [2.05, 4.69) is 5.32 Å². The van der Waals surface area contributed by atoms with E-state index in [1.54, 1.807) is 18.4 Å². The van der Waals surface area contributed by atoms with Crippen LogP contribution in [0.4, 0.5) is 10.7 Å². The van der Waals surface area contributed by atoms with Gasteiger partial charge in [-0.3, -0.25) is 0 Å². The van der Waals surface area contributed by atoms with Gasteiger partial charge in [0.25, 0.3) is 0 Å². The molecule has 0 aliphatic heterocycles. The summed E-state index contributed by atoms with van der Waals surface area (Å²) in [5.41, 5.74) is 2.21. The Hall–Kier alpha value is -1.19. The normalized spacial score (nSPS) is 10.2. The van der Waals surface area contributed by atoms with Gasteiger partial charge in [0.2, 0.25) is 0 Å². The summed E-state index contributed by atoms with van der Waals surface area (Å²) in [6.07, 6.45) is 0. The summed E-state index contributed by atoms with van der Waals surface area (Å²) in [5, 5.41) is 7.03. The molecule has 16 heavy (non-hydrogen) atoms. The Bertz CT molecular complexity index is 496. The molecule has 2 nitrogen and oxygen atoms in total. The van der Waals surface area contributed by atoms with Gasteiger partial charge in [0.15, 0.2) is 0 Å². The number of nitrogens with one attached hydrogen (secondary N) is 1. The minimum atomic E-state index is 0.763. The fourth-order valence-electron chi connectivity index (χ4n) is 1.41. The molecule has 1 aromatic heterocycles. The topological polar surface area (TPSA) is 21.3 Å². The summed E-state index contributed by atoms with van der Waals surface area (Å²) in [5.74, 6) is 0.868. The lowest BCUT2D eigenvalue weighted by molar-refractivity contribution is 0.414. The van der Waals surface area contributed by atoms with E-state index in [-0.39, 0.29) is 0 Å². The molecule has 0 unspecified atom stereocenters. The molecule has 0 bridgehead atoms. The van der Waals surface area contributed by atoms with Crippen LogP contribution in [0.15, 0.2) is 29.6 Å². The number of hydrogen-bond donors (Lipinski definition) is 1. The van der Waals surface area contributed by atoms with Gasteiger partial charge >= 0.3 is 0 Å². The molecule has 0 amide bonds. The molecule has 2 aromatic rings. The number of halogens is 1. The van der Waals surface area contributed by atoms with Gasteiger partial charge in [-0.2, -0.15) is 0 Å². The van der Waals surface area contributed by atoms with E-state index in [1.165, 1.54) is 0 Å². The molecular weight excluding hydrogens is 242 g/mol. The lowest BCUT2D eigenvalue weighted by Crippen LogP contribution is -1.91. The van der Waals surface area contributed by atoms with Crippen LogP contribution in [0.3, 0.4) is 0 Å². The molecule has 0 saturated heterocycles. The first-order valence-corrected chi connectivity index (χ1v) is 6.10. The maximum atomic E-state index is 5.86. The first-order valence-electron chi connectivity index (χ1n) is 4.85. The van der Waals surface area contributed by atoms with Crippen molar-refractivity contribution in [1.29, 1.82) is 0 Å². The Morgan fingerprint density at radius 3 is 2.69 bits per heavy atom. The van der Waals surface area contributed by atoms with Gasteiger partial charge in [-0.15, -0.1) is 11.3 Å². The molecule has 1 aromatic carbocycles. The second-order valence-electron chi connectivity index (χ2n) is 3.44. The van der Waals surface area contributed by atoms with Gasteiger partial charge in [-0.25, -0.2) is 0 Å². The first kappa shape index (κ1) is 11.3. The molecular formula is C12H12ClNOS. The molecule has 0 spiro atoms. The number of aryl methyl sites for hydroxylation is 1. The van der Waals surface area contributed by atoms with E-state index >= 15 is 0 Å². The Kier molecular flexibility index (Phi) is 3.36. The number of benzene rings is 1. The van der Waals surface area contributed by atoms with E-state index < -0.39 is 0 Å². The third kappa shape index (κ3) is 2.49. The third-order valence-corrected chi connectivity index (χ3v) is 3.45. The monoisotopic (exact) mass is 253 g/mol. The van der Waals surface area contributed by atoms with Gasteiger partial charge in [0.05, 0.1) is 17.1 Å².